The molecular weight excluding hydrogens is 446 g/mol. The average molecular weight is 469 g/mol. The van der Waals surface area contributed by atoms with Gasteiger partial charge < -0.3 is 26.2 Å². The summed E-state index contributed by atoms with van der Waals surface area (Å²) >= 11 is 0. The molecule has 0 aliphatic rings. The first-order valence-electron chi connectivity index (χ1n) is 10.3. The van der Waals surface area contributed by atoms with Crippen molar-refractivity contribution >= 4 is 40.6 Å². The molecular formula is C21H23N7O6. The standard InChI is InChI=1S/C21H23N7O6/c1-2-28(14(20(33)34)7-8-15(29)30)19(32)11-3-5-12(6-4-11)23-9-13-10-24-17-16(25-13)18(31)27-21(22)26-17/h3-6,10,14,23H,2,7-9H2,1H3,(H,29,30)(H,33,34)(H3,22,24,26,27,31)/t14-/m0/s1. The van der Waals surface area contributed by atoms with Crippen LogP contribution in [0.2, 0.25) is 0 Å². The molecule has 3 aromatic rings. The van der Waals surface area contributed by atoms with Crippen molar-refractivity contribution in [2.75, 3.05) is 17.6 Å². The van der Waals surface area contributed by atoms with E-state index in [1.54, 1.807) is 19.1 Å². The first kappa shape index (κ1) is 24.1. The molecule has 0 saturated carbocycles. The van der Waals surface area contributed by atoms with Crippen LogP contribution >= 0.6 is 0 Å². The predicted octanol–water partition coefficient (Wildman–Crippen LogP) is 0.688. The van der Waals surface area contributed by atoms with Gasteiger partial charge in [-0.05, 0) is 37.6 Å². The van der Waals surface area contributed by atoms with Crippen molar-refractivity contribution in [2.45, 2.75) is 32.4 Å². The van der Waals surface area contributed by atoms with Crippen molar-refractivity contribution in [3.8, 4) is 0 Å². The summed E-state index contributed by atoms with van der Waals surface area (Å²) < 4.78 is 0. The van der Waals surface area contributed by atoms with Gasteiger partial charge in [0.1, 0.15) is 6.04 Å². The first-order chi connectivity index (χ1) is 16.2. The molecule has 0 aliphatic heterocycles. The van der Waals surface area contributed by atoms with Crippen LogP contribution in [-0.2, 0) is 16.1 Å². The van der Waals surface area contributed by atoms with E-state index in [0.29, 0.717) is 11.4 Å². The van der Waals surface area contributed by atoms with E-state index in [9.17, 15) is 24.3 Å². The van der Waals surface area contributed by atoms with Crippen molar-refractivity contribution < 1.29 is 24.6 Å². The lowest BCUT2D eigenvalue weighted by molar-refractivity contribution is -0.143. The molecule has 1 amide bonds. The molecule has 3 rings (SSSR count). The highest BCUT2D eigenvalue weighted by atomic mass is 16.4. The van der Waals surface area contributed by atoms with Crippen LogP contribution in [0.5, 0.6) is 0 Å². The molecule has 0 aliphatic carbocycles. The molecule has 0 fully saturated rings. The number of anilines is 2. The summed E-state index contributed by atoms with van der Waals surface area (Å²) in [7, 11) is 0. The van der Waals surface area contributed by atoms with E-state index in [-0.39, 0.29) is 48.6 Å². The van der Waals surface area contributed by atoms with Crippen molar-refractivity contribution in [2.24, 2.45) is 0 Å². The summed E-state index contributed by atoms with van der Waals surface area (Å²) in [5.74, 6) is -2.96. The number of rotatable bonds is 10. The van der Waals surface area contributed by atoms with E-state index in [2.05, 4.69) is 25.3 Å². The molecule has 2 heterocycles. The minimum Gasteiger partial charge on any atom is -0.481 e. The number of benzene rings is 1. The number of carbonyl (C=O) groups is 3. The molecule has 1 aromatic carbocycles. The predicted molar refractivity (Wildman–Crippen MR) is 121 cm³/mol. The SMILES string of the molecule is CCN(C(=O)c1ccc(NCc2cnc3nc(N)[nH]c(=O)c3n2)cc1)[C@@H](CCC(=O)O)C(=O)O. The summed E-state index contributed by atoms with van der Waals surface area (Å²) in [5.41, 5.74) is 6.57. The number of nitrogens with zero attached hydrogens (tertiary/aromatic N) is 4. The van der Waals surface area contributed by atoms with E-state index in [1.165, 1.54) is 18.3 Å². The fraction of sp³-hybridized carbons (Fsp3) is 0.286. The molecule has 178 valence electrons. The Labute approximate surface area is 192 Å². The summed E-state index contributed by atoms with van der Waals surface area (Å²) in [5, 5.41) is 21.4. The van der Waals surface area contributed by atoms with Crippen LogP contribution in [-0.4, -0.2) is 65.5 Å². The molecule has 0 saturated heterocycles. The zero-order valence-electron chi connectivity index (χ0n) is 18.2. The summed E-state index contributed by atoms with van der Waals surface area (Å²) in [6, 6.07) is 5.10. The van der Waals surface area contributed by atoms with Crippen LogP contribution in [0.1, 0.15) is 35.8 Å². The zero-order valence-corrected chi connectivity index (χ0v) is 18.2. The van der Waals surface area contributed by atoms with Gasteiger partial charge in [0.05, 0.1) is 18.4 Å². The third kappa shape index (κ3) is 5.62. The molecule has 0 bridgehead atoms. The molecule has 0 radical (unpaired) electrons. The Kier molecular flexibility index (Phi) is 7.36. The van der Waals surface area contributed by atoms with E-state index < -0.39 is 29.4 Å². The van der Waals surface area contributed by atoms with Crippen LogP contribution in [0, 0.1) is 0 Å². The number of hydrogen-bond donors (Lipinski definition) is 5. The highest BCUT2D eigenvalue weighted by Gasteiger charge is 2.29. The summed E-state index contributed by atoms with van der Waals surface area (Å²) in [4.78, 5) is 63.0. The van der Waals surface area contributed by atoms with Gasteiger partial charge in [0.2, 0.25) is 5.95 Å². The van der Waals surface area contributed by atoms with Crippen molar-refractivity contribution in [3.05, 3.63) is 52.1 Å². The van der Waals surface area contributed by atoms with Gasteiger partial charge in [-0.15, -0.1) is 0 Å². The van der Waals surface area contributed by atoms with Gasteiger partial charge in [-0.1, -0.05) is 0 Å². The normalized spacial score (nSPS) is 11.7. The van der Waals surface area contributed by atoms with Gasteiger partial charge in [-0.25, -0.2) is 14.8 Å². The van der Waals surface area contributed by atoms with Crippen LogP contribution in [0.15, 0.2) is 35.3 Å². The number of carboxylic acids is 2. The second-order valence-corrected chi connectivity index (χ2v) is 7.29. The molecule has 13 heteroatoms. The maximum Gasteiger partial charge on any atom is 0.326 e. The van der Waals surface area contributed by atoms with Crippen LogP contribution in [0.25, 0.3) is 11.2 Å². The number of nitrogens with two attached hydrogens (primary N) is 1. The topological polar surface area (TPSA) is 204 Å². The number of aliphatic carboxylic acids is 2. The Bertz CT molecular complexity index is 1270. The van der Waals surface area contributed by atoms with Gasteiger partial charge in [0.15, 0.2) is 11.2 Å². The summed E-state index contributed by atoms with van der Waals surface area (Å²) in [6.45, 7) is 1.97. The van der Waals surface area contributed by atoms with Gasteiger partial charge in [-0.2, -0.15) is 4.98 Å². The fourth-order valence-corrected chi connectivity index (χ4v) is 3.32. The van der Waals surface area contributed by atoms with E-state index >= 15 is 0 Å². The average Bonchev–Trinajstić information content (AvgIpc) is 2.80. The molecule has 6 N–H and O–H groups in total. The molecule has 13 nitrogen and oxygen atoms in total. The lowest BCUT2D eigenvalue weighted by atomic mass is 10.1. The largest absolute Gasteiger partial charge is 0.481 e. The third-order valence-corrected chi connectivity index (χ3v) is 4.99. The Hall–Kier alpha value is -4.55. The number of H-pyrrole nitrogens is 1. The van der Waals surface area contributed by atoms with Crippen LogP contribution in [0.4, 0.5) is 11.6 Å². The van der Waals surface area contributed by atoms with E-state index in [4.69, 9.17) is 10.8 Å². The highest BCUT2D eigenvalue weighted by Crippen LogP contribution is 2.16. The fourth-order valence-electron chi connectivity index (χ4n) is 3.32. The van der Waals surface area contributed by atoms with Gasteiger partial charge in [0.25, 0.3) is 11.5 Å². The number of likely N-dealkylation sites (N-methyl/N-ethyl adjacent to an activating group) is 1. The number of aromatic nitrogens is 4. The molecule has 0 spiro atoms. The lowest BCUT2D eigenvalue weighted by Gasteiger charge is -2.27. The number of hydrogen-bond acceptors (Lipinski definition) is 9. The van der Waals surface area contributed by atoms with Crippen LogP contribution in [0.3, 0.4) is 0 Å². The molecule has 1 atom stereocenters. The van der Waals surface area contributed by atoms with Crippen molar-refractivity contribution in [1.29, 1.82) is 0 Å². The monoisotopic (exact) mass is 469 g/mol. The smallest absolute Gasteiger partial charge is 0.326 e. The Balaban J connectivity index is 1.69. The number of fused-ring (bicyclic) bond motifs is 1. The zero-order chi connectivity index (χ0) is 24.8. The lowest BCUT2D eigenvalue weighted by Crippen LogP contribution is -2.45. The van der Waals surface area contributed by atoms with Gasteiger partial charge >= 0.3 is 11.9 Å². The third-order valence-electron chi connectivity index (χ3n) is 4.99. The second-order valence-electron chi connectivity index (χ2n) is 7.29. The minimum atomic E-state index is -1.26. The molecule has 2 aromatic heterocycles. The maximum atomic E-state index is 12.9. The number of nitrogen functional groups attached to an aromatic ring is 1. The van der Waals surface area contributed by atoms with E-state index in [1.807, 2.05) is 0 Å². The minimum absolute atomic E-state index is 0.0505. The molecule has 34 heavy (non-hydrogen) atoms. The molecule has 0 unspecified atom stereocenters. The number of amides is 1. The van der Waals surface area contributed by atoms with E-state index in [0.717, 1.165) is 4.90 Å². The van der Waals surface area contributed by atoms with Crippen LogP contribution < -0.4 is 16.6 Å². The number of aromatic amines is 1. The Morgan fingerprint density at radius 2 is 1.88 bits per heavy atom. The second kappa shape index (κ2) is 10.4. The first-order valence-corrected chi connectivity index (χ1v) is 10.3. The Morgan fingerprint density at radius 1 is 1.18 bits per heavy atom. The quantitative estimate of drug-likeness (QED) is 0.279. The highest BCUT2D eigenvalue weighted by molar-refractivity contribution is 5.97. The van der Waals surface area contributed by atoms with Crippen molar-refractivity contribution in [1.82, 2.24) is 24.8 Å². The number of carbonyl (C=O) groups excluding carboxylic acids is 1. The van der Waals surface area contributed by atoms with Crippen molar-refractivity contribution in [3.63, 3.8) is 0 Å². The summed E-state index contributed by atoms with van der Waals surface area (Å²) in [6.07, 6.45) is 0.902. The Morgan fingerprint density at radius 3 is 2.50 bits per heavy atom. The number of nitrogens with one attached hydrogen (secondary N) is 2. The maximum absolute atomic E-state index is 12.9. The number of carboxylic acid groups (broad SMARTS) is 2. The van der Waals surface area contributed by atoms with Gasteiger partial charge in [0, 0.05) is 24.2 Å². The van der Waals surface area contributed by atoms with Gasteiger partial charge in [-0.3, -0.25) is 19.4 Å².